The van der Waals surface area contributed by atoms with Crippen molar-refractivity contribution in [1.29, 1.82) is 0 Å². The lowest BCUT2D eigenvalue weighted by Gasteiger charge is -2.15. The Morgan fingerprint density at radius 2 is 2.08 bits per heavy atom. The molecule has 2 heteroatoms. The van der Waals surface area contributed by atoms with Crippen LogP contribution in [0.1, 0.15) is 41.5 Å². The van der Waals surface area contributed by atoms with Gasteiger partial charge in [0.2, 0.25) is 0 Å². The van der Waals surface area contributed by atoms with Gasteiger partial charge in [0.05, 0.1) is 5.54 Å². The number of hydrogen-bond donors (Lipinski definition) is 1. The highest BCUT2D eigenvalue weighted by Crippen LogP contribution is 2.07. The summed E-state index contributed by atoms with van der Waals surface area (Å²) in [5.74, 6) is 0. The molecule has 1 atom stereocenters. The fraction of sp³-hybridized carbons (Fsp3) is 0.700. The molecule has 0 spiro atoms. The maximum atomic E-state index is 10.3. The molecule has 12 heavy (non-hydrogen) atoms. The van der Waals surface area contributed by atoms with Gasteiger partial charge in [-0.1, -0.05) is 19.9 Å². The van der Waals surface area contributed by atoms with Gasteiger partial charge in [-0.05, 0) is 26.2 Å². The summed E-state index contributed by atoms with van der Waals surface area (Å²) in [6.07, 6.45) is 5.25. The van der Waals surface area contributed by atoms with Crippen LogP contribution in [0.15, 0.2) is 12.7 Å². The SMILES string of the molecule is C=CCCC[C@](C)(N)C=O.CC.[HH]. The summed E-state index contributed by atoms with van der Waals surface area (Å²) in [7, 11) is 0. The minimum atomic E-state index is -0.636. The molecule has 0 bridgehead atoms. The highest BCUT2D eigenvalue weighted by Gasteiger charge is 2.14. The molecule has 0 unspecified atom stereocenters. The Balaban J connectivity index is -0.000000309. The van der Waals surface area contributed by atoms with Crippen LogP contribution >= 0.6 is 0 Å². The molecule has 0 rings (SSSR count). The fourth-order valence-corrected chi connectivity index (χ4v) is 0.686. The Morgan fingerprint density at radius 1 is 1.58 bits per heavy atom. The quantitative estimate of drug-likeness (QED) is 0.394. The van der Waals surface area contributed by atoms with Crippen molar-refractivity contribution in [1.82, 2.24) is 0 Å². The maximum absolute atomic E-state index is 10.3. The van der Waals surface area contributed by atoms with Crippen molar-refractivity contribution in [3.63, 3.8) is 0 Å². The molecule has 0 amide bonds. The third kappa shape index (κ3) is 9.37. The summed E-state index contributed by atoms with van der Waals surface area (Å²) < 4.78 is 0. The first kappa shape index (κ1) is 13.9. The lowest BCUT2D eigenvalue weighted by atomic mass is 9.98. The molecule has 0 saturated carbocycles. The van der Waals surface area contributed by atoms with E-state index >= 15 is 0 Å². The zero-order valence-electron chi connectivity index (χ0n) is 8.47. The van der Waals surface area contributed by atoms with Crippen LogP contribution in [-0.4, -0.2) is 11.8 Å². The van der Waals surface area contributed by atoms with E-state index < -0.39 is 5.54 Å². The van der Waals surface area contributed by atoms with Crippen LogP contribution in [0, 0.1) is 0 Å². The predicted molar refractivity (Wildman–Crippen MR) is 56.2 cm³/mol. The van der Waals surface area contributed by atoms with E-state index in [9.17, 15) is 4.79 Å². The van der Waals surface area contributed by atoms with Crippen molar-refractivity contribution in [2.45, 2.75) is 45.6 Å². The van der Waals surface area contributed by atoms with E-state index in [1.807, 2.05) is 19.9 Å². The Kier molecular flexibility index (Phi) is 9.83. The average Bonchev–Trinajstić information content (AvgIpc) is 2.09. The van der Waals surface area contributed by atoms with E-state index in [0.717, 1.165) is 25.5 Å². The summed E-state index contributed by atoms with van der Waals surface area (Å²) in [5, 5.41) is 0. The smallest absolute Gasteiger partial charge is 0.139 e. The number of hydrogen-bond acceptors (Lipinski definition) is 2. The van der Waals surface area contributed by atoms with Gasteiger partial charge in [-0.15, -0.1) is 6.58 Å². The lowest BCUT2D eigenvalue weighted by Crippen LogP contribution is -2.37. The van der Waals surface area contributed by atoms with Crippen molar-refractivity contribution in [3.8, 4) is 0 Å². The average molecular weight is 173 g/mol. The highest BCUT2D eigenvalue weighted by molar-refractivity contribution is 5.62. The van der Waals surface area contributed by atoms with Gasteiger partial charge in [-0.3, -0.25) is 0 Å². The van der Waals surface area contributed by atoms with E-state index in [1.54, 1.807) is 6.92 Å². The van der Waals surface area contributed by atoms with Gasteiger partial charge < -0.3 is 10.5 Å². The molecule has 2 N–H and O–H groups in total. The summed E-state index contributed by atoms with van der Waals surface area (Å²) >= 11 is 0. The maximum Gasteiger partial charge on any atom is 0.139 e. The van der Waals surface area contributed by atoms with Gasteiger partial charge in [-0.25, -0.2) is 0 Å². The van der Waals surface area contributed by atoms with E-state index in [1.165, 1.54) is 0 Å². The number of nitrogens with two attached hydrogens (primary N) is 1. The molecule has 0 heterocycles. The molecule has 74 valence electrons. The second kappa shape index (κ2) is 8.47. The van der Waals surface area contributed by atoms with E-state index in [0.29, 0.717) is 0 Å². The van der Waals surface area contributed by atoms with Crippen LogP contribution in [0.25, 0.3) is 0 Å². The lowest BCUT2D eigenvalue weighted by molar-refractivity contribution is -0.111. The summed E-state index contributed by atoms with van der Waals surface area (Å²) in [6.45, 7) is 9.32. The number of aldehydes is 1. The molecule has 0 aromatic carbocycles. The predicted octanol–water partition coefficient (Wildman–Crippen LogP) is 2.53. The Bertz CT molecular complexity index is 124. The molecule has 0 radical (unpaired) electrons. The van der Waals surface area contributed by atoms with Crippen molar-refractivity contribution in [2.24, 2.45) is 5.73 Å². The van der Waals surface area contributed by atoms with Gasteiger partial charge in [0.25, 0.3) is 0 Å². The minimum Gasteiger partial charge on any atom is -0.319 e. The monoisotopic (exact) mass is 173 g/mol. The van der Waals surface area contributed by atoms with Crippen molar-refractivity contribution in [2.75, 3.05) is 0 Å². The largest absolute Gasteiger partial charge is 0.319 e. The van der Waals surface area contributed by atoms with Crippen LogP contribution in [0.4, 0.5) is 0 Å². The second-order valence-electron chi connectivity index (χ2n) is 2.80. The zero-order valence-corrected chi connectivity index (χ0v) is 8.47. The van der Waals surface area contributed by atoms with E-state index in [2.05, 4.69) is 6.58 Å². The topological polar surface area (TPSA) is 43.1 Å². The fourth-order valence-electron chi connectivity index (χ4n) is 0.686. The third-order valence-corrected chi connectivity index (χ3v) is 1.39. The van der Waals surface area contributed by atoms with Gasteiger partial charge in [0.15, 0.2) is 0 Å². The number of carbonyl (C=O) groups excluding carboxylic acids is 1. The standard InChI is InChI=1S/C8H15NO.C2H6.H2/c1-3-4-5-6-8(2,9)7-10;1-2;/h3,7H,1,4-6,9H2,2H3;1-2H3;1H/t8-;;/m0../s1. The Labute approximate surface area is 77.3 Å². The first-order valence-corrected chi connectivity index (χ1v) is 4.48. The molecule has 2 nitrogen and oxygen atoms in total. The molecule has 0 aliphatic rings. The first-order valence-electron chi connectivity index (χ1n) is 4.48. The Morgan fingerprint density at radius 3 is 2.42 bits per heavy atom. The van der Waals surface area contributed by atoms with Gasteiger partial charge in [0, 0.05) is 1.43 Å². The zero-order chi connectivity index (χ0) is 10.0. The minimum absolute atomic E-state index is 0. The Hall–Kier alpha value is -0.630. The van der Waals surface area contributed by atoms with Crippen LogP contribution in [-0.2, 0) is 4.79 Å². The normalized spacial score (nSPS) is 13.7. The van der Waals surface area contributed by atoms with Gasteiger partial charge >= 0.3 is 0 Å². The van der Waals surface area contributed by atoms with Crippen LogP contribution in [0.3, 0.4) is 0 Å². The summed E-state index contributed by atoms with van der Waals surface area (Å²) in [4.78, 5) is 10.3. The second-order valence-corrected chi connectivity index (χ2v) is 2.80. The van der Waals surface area contributed by atoms with Crippen molar-refractivity contribution < 1.29 is 6.22 Å². The molecule has 0 aromatic rings. The number of rotatable bonds is 5. The van der Waals surface area contributed by atoms with Crippen LogP contribution < -0.4 is 5.73 Å². The molecule has 0 aromatic heterocycles. The third-order valence-electron chi connectivity index (χ3n) is 1.39. The number of unbranched alkanes of at least 4 members (excludes halogenated alkanes) is 1. The highest BCUT2D eigenvalue weighted by atomic mass is 16.1. The summed E-state index contributed by atoms with van der Waals surface area (Å²) in [6, 6.07) is 0. The van der Waals surface area contributed by atoms with E-state index in [4.69, 9.17) is 5.73 Å². The van der Waals surface area contributed by atoms with Gasteiger partial charge in [-0.2, -0.15) is 0 Å². The molecular weight excluding hydrogens is 150 g/mol. The van der Waals surface area contributed by atoms with Crippen LogP contribution in [0.2, 0.25) is 0 Å². The molecule has 0 fully saturated rings. The van der Waals surface area contributed by atoms with Crippen molar-refractivity contribution >= 4 is 6.29 Å². The molecule has 0 aliphatic heterocycles. The van der Waals surface area contributed by atoms with Gasteiger partial charge in [0.1, 0.15) is 6.29 Å². The molecule has 0 saturated heterocycles. The molecule has 0 aliphatic carbocycles. The van der Waals surface area contributed by atoms with E-state index in [-0.39, 0.29) is 1.43 Å². The first-order chi connectivity index (χ1) is 5.62. The molecular formula is C10H23NO. The number of carbonyl (C=O) groups is 1. The van der Waals surface area contributed by atoms with Crippen LogP contribution in [0.5, 0.6) is 0 Å². The summed E-state index contributed by atoms with van der Waals surface area (Å²) in [5.41, 5.74) is 4.92. The van der Waals surface area contributed by atoms with Crippen molar-refractivity contribution in [3.05, 3.63) is 12.7 Å². The number of allylic oxidation sites excluding steroid dienone is 1.